The SMILES string of the molecule is COc1cc(OC)c(OC)cc1/C=C/C(=O)OC(C)C(=O)Nc1ccc(C(C)C)cc1. The number of methoxy groups -OCH3 is 3. The van der Waals surface area contributed by atoms with Crippen molar-refractivity contribution in [3.63, 3.8) is 0 Å². The molecule has 7 nitrogen and oxygen atoms in total. The molecule has 0 heterocycles. The molecule has 0 aliphatic carbocycles. The van der Waals surface area contributed by atoms with Gasteiger partial charge < -0.3 is 24.3 Å². The van der Waals surface area contributed by atoms with Gasteiger partial charge in [0, 0.05) is 23.4 Å². The monoisotopic (exact) mass is 427 g/mol. The van der Waals surface area contributed by atoms with E-state index in [0.717, 1.165) is 0 Å². The number of carbonyl (C=O) groups is 2. The minimum absolute atomic E-state index is 0.403. The molecule has 2 rings (SSSR count). The van der Waals surface area contributed by atoms with Gasteiger partial charge in [0.1, 0.15) is 5.75 Å². The largest absolute Gasteiger partial charge is 0.496 e. The first kappa shape index (κ1) is 23.8. The predicted molar refractivity (Wildman–Crippen MR) is 120 cm³/mol. The Kier molecular flexibility index (Phi) is 8.49. The molecule has 0 saturated carbocycles. The Morgan fingerprint density at radius 2 is 1.45 bits per heavy atom. The average Bonchev–Trinajstić information content (AvgIpc) is 2.77. The molecule has 0 radical (unpaired) electrons. The van der Waals surface area contributed by atoms with Crippen molar-refractivity contribution in [2.75, 3.05) is 26.6 Å². The van der Waals surface area contributed by atoms with E-state index in [0.29, 0.717) is 34.4 Å². The Balaban J connectivity index is 2.01. The van der Waals surface area contributed by atoms with Crippen LogP contribution in [0, 0.1) is 0 Å². The van der Waals surface area contributed by atoms with Crippen LogP contribution in [-0.4, -0.2) is 39.3 Å². The Morgan fingerprint density at radius 1 is 0.871 bits per heavy atom. The van der Waals surface area contributed by atoms with Crippen molar-refractivity contribution in [1.29, 1.82) is 0 Å². The van der Waals surface area contributed by atoms with Crippen LogP contribution in [0.25, 0.3) is 6.08 Å². The van der Waals surface area contributed by atoms with Crippen LogP contribution < -0.4 is 19.5 Å². The van der Waals surface area contributed by atoms with Gasteiger partial charge in [0.05, 0.1) is 21.3 Å². The number of ether oxygens (including phenoxy) is 4. The molecular weight excluding hydrogens is 398 g/mol. The normalized spacial score (nSPS) is 11.8. The summed E-state index contributed by atoms with van der Waals surface area (Å²) in [6, 6.07) is 10.9. The zero-order valence-corrected chi connectivity index (χ0v) is 18.7. The third-order valence-electron chi connectivity index (χ3n) is 4.64. The third-order valence-corrected chi connectivity index (χ3v) is 4.64. The molecule has 0 aromatic heterocycles. The minimum Gasteiger partial charge on any atom is -0.496 e. The minimum atomic E-state index is -0.964. The highest BCUT2D eigenvalue weighted by Crippen LogP contribution is 2.35. The second kappa shape index (κ2) is 11.1. The van der Waals surface area contributed by atoms with Gasteiger partial charge in [-0.15, -0.1) is 0 Å². The summed E-state index contributed by atoms with van der Waals surface area (Å²) in [5, 5.41) is 2.74. The zero-order valence-electron chi connectivity index (χ0n) is 18.7. The van der Waals surface area contributed by atoms with Gasteiger partial charge >= 0.3 is 5.97 Å². The molecule has 1 unspecified atom stereocenters. The molecule has 7 heteroatoms. The van der Waals surface area contributed by atoms with Crippen molar-refractivity contribution in [3.05, 3.63) is 53.6 Å². The van der Waals surface area contributed by atoms with E-state index in [1.54, 1.807) is 12.1 Å². The summed E-state index contributed by atoms with van der Waals surface area (Å²) in [4.78, 5) is 24.5. The Bertz CT molecular complexity index is 934. The summed E-state index contributed by atoms with van der Waals surface area (Å²) >= 11 is 0. The molecule has 0 saturated heterocycles. The van der Waals surface area contributed by atoms with Gasteiger partial charge in [-0.2, -0.15) is 0 Å². The topological polar surface area (TPSA) is 83.1 Å². The number of hydrogen-bond donors (Lipinski definition) is 1. The van der Waals surface area contributed by atoms with Gasteiger partial charge in [-0.1, -0.05) is 26.0 Å². The third kappa shape index (κ3) is 6.50. The van der Waals surface area contributed by atoms with Crippen molar-refractivity contribution in [3.8, 4) is 17.2 Å². The molecule has 0 aliphatic rings. The molecule has 0 aliphatic heterocycles. The van der Waals surface area contributed by atoms with Crippen molar-refractivity contribution in [1.82, 2.24) is 0 Å². The Hall–Kier alpha value is -3.48. The first-order valence-electron chi connectivity index (χ1n) is 9.88. The van der Waals surface area contributed by atoms with Crippen molar-refractivity contribution < 1.29 is 28.5 Å². The molecule has 1 amide bonds. The maximum atomic E-state index is 12.3. The Morgan fingerprint density at radius 3 is 2.00 bits per heavy atom. The number of carbonyl (C=O) groups excluding carboxylic acids is 2. The van der Waals surface area contributed by atoms with E-state index in [1.165, 1.54) is 46.0 Å². The van der Waals surface area contributed by atoms with Crippen molar-refractivity contribution in [2.24, 2.45) is 0 Å². The second-order valence-corrected chi connectivity index (χ2v) is 7.13. The smallest absolute Gasteiger partial charge is 0.331 e. The van der Waals surface area contributed by atoms with Gasteiger partial charge in [0.25, 0.3) is 5.91 Å². The summed E-state index contributed by atoms with van der Waals surface area (Å²) in [6.07, 6.45) is 1.79. The lowest BCUT2D eigenvalue weighted by atomic mass is 10.0. The second-order valence-electron chi connectivity index (χ2n) is 7.13. The number of esters is 1. The van der Waals surface area contributed by atoms with Crippen LogP contribution >= 0.6 is 0 Å². The summed E-state index contributed by atoms with van der Waals surface area (Å²) in [5.74, 6) is 0.828. The molecule has 1 N–H and O–H groups in total. The zero-order chi connectivity index (χ0) is 23.0. The predicted octanol–water partition coefficient (Wildman–Crippen LogP) is 4.42. The van der Waals surface area contributed by atoms with Crippen molar-refractivity contribution >= 4 is 23.6 Å². The van der Waals surface area contributed by atoms with Gasteiger partial charge in [0.2, 0.25) is 0 Å². The van der Waals surface area contributed by atoms with E-state index >= 15 is 0 Å². The fourth-order valence-electron chi connectivity index (χ4n) is 2.80. The summed E-state index contributed by atoms with van der Waals surface area (Å²) in [7, 11) is 4.55. The number of amides is 1. The lowest BCUT2D eigenvalue weighted by Crippen LogP contribution is -2.29. The van der Waals surface area contributed by atoms with Crippen LogP contribution in [0.3, 0.4) is 0 Å². The number of rotatable bonds is 9. The summed E-state index contributed by atoms with van der Waals surface area (Å²) in [6.45, 7) is 5.71. The number of anilines is 1. The highest BCUT2D eigenvalue weighted by Gasteiger charge is 2.17. The molecule has 0 bridgehead atoms. The van der Waals surface area contributed by atoms with Crippen LogP contribution in [0.2, 0.25) is 0 Å². The standard InChI is InChI=1S/C24H29NO6/c1-15(2)17-7-10-19(11-8-17)25-24(27)16(3)31-23(26)12-9-18-13-21(29-5)22(30-6)14-20(18)28-4/h7-16H,1-6H3,(H,25,27)/b12-9+. The fraction of sp³-hybridized carbons (Fsp3) is 0.333. The van der Waals surface area contributed by atoms with Gasteiger partial charge in [0.15, 0.2) is 17.6 Å². The van der Waals surface area contributed by atoms with Gasteiger partial charge in [-0.3, -0.25) is 4.79 Å². The maximum absolute atomic E-state index is 12.3. The molecule has 0 fully saturated rings. The fourth-order valence-corrected chi connectivity index (χ4v) is 2.80. The van der Waals surface area contributed by atoms with E-state index < -0.39 is 18.0 Å². The van der Waals surface area contributed by atoms with Crippen LogP contribution in [-0.2, 0) is 14.3 Å². The van der Waals surface area contributed by atoms with E-state index in [9.17, 15) is 9.59 Å². The Labute approximate surface area is 183 Å². The number of benzene rings is 2. The average molecular weight is 427 g/mol. The number of nitrogens with one attached hydrogen (secondary N) is 1. The first-order chi connectivity index (χ1) is 14.8. The lowest BCUT2D eigenvalue weighted by molar-refractivity contribution is -0.148. The van der Waals surface area contributed by atoms with Gasteiger partial charge in [-0.05, 0) is 42.7 Å². The molecule has 2 aromatic carbocycles. The summed E-state index contributed by atoms with van der Waals surface area (Å²) in [5.41, 5.74) is 2.41. The van der Waals surface area contributed by atoms with Crippen molar-refractivity contribution in [2.45, 2.75) is 32.8 Å². The number of hydrogen-bond acceptors (Lipinski definition) is 6. The highest BCUT2D eigenvalue weighted by molar-refractivity contribution is 5.96. The van der Waals surface area contributed by atoms with E-state index in [4.69, 9.17) is 18.9 Å². The van der Waals surface area contributed by atoms with E-state index in [2.05, 4.69) is 19.2 Å². The van der Waals surface area contributed by atoms with E-state index in [-0.39, 0.29) is 0 Å². The highest BCUT2D eigenvalue weighted by atomic mass is 16.5. The van der Waals surface area contributed by atoms with Crippen LogP contribution in [0.5, 0.6) is 17.2 Å². The molecule has 2 aromatic rings. The molecule has 1 atom stereocenters. The molecular formula is C24H29NO6. The van der Waals surface area contributed by atoms with Crippen LogP contribution in [0.1, 0.15) is 37.8 Å². The van der Waals surface area contributed by atoms with Gasteiger partial charge in [-0.25, -0.2) is 4.79 Å². The first-order valence-corrected chi connectivity index (χ1v) is 9.88. The molecule has 31 heavy (non-hydrogen) atoms. The molecule has 166 valence electrons. The quantitative estimate of drug-likeness (QED) is 0.471. The maximum Gasteiger partial charge on any atom is 0.331 e. The summed E-state index contributed by atoms with van der Waals surface area (Å²) < 4.78 is 21.0. The lowest BCUT2D eigenvalue weighted by Gasteiger charge is -2.14. The van der Waals surface area contributed by atoms with E-state index in [1.807, 2.05) is 24.3 Å². The van der Waals surface area contributed by atoms with Crippen LogP contribution in [0.4, 0.5) is 5.69 Å². The van der Waals surface area contributed by atoms with Crippen LogP contribution in [0.15, 0.2) is 42.5 Å². The molecule has 0 spiro atoms.